The van der Waals surface area contributed by atoms with Crippen molar-refractivity contribution in [1.29, 1.82) is 0 Å². The van der Waals surface area contributed by atoms with Gasteiger partial charge in [0.15, 0.2) is 0 Å². The summed E-state index contributed by atoms with van der Waals surface area (Å²) in [5.74, 6) is 0. The van der Waals surface area contributed by atoms with Crippen LogP contribution >= 0.6 is 15.9 Å². The van der Waals surface area contributed by atoms with Gasteiger partial charge in [-0.2, -0.15) is 0 Å². The van der Waals surface area contributed by atoms with Gasteiger partial charge >= 0.3 is 0 Å². The minimum Gasteiger partial charge on any atom is -0.387 e. The number of pyridine rings is 1. The first kappa shape index (κ1) is 11.0. The Kier molecular flexibility index (Phi) is 2.58. The van der Waals surface area contributed by atoms with Gasteiger partial charge in [-0.15, -0.1) is 0 Å². The van der Waals surface area contributed by atoms with Crippen LogP contribution in [0.4, 0.5) is 5.69 Å². The molecule has 3 rings (SSSR count). The van der Waals surface area contributed by atoms with E-state index < -0.39 is 0 Å². The zero-order valence-corrected chi connectivity index (χ0v) is 11.7. The summed E-state index contributed by atoms with van der Waals surface area (Å²) in [6.07, 6.45) is 3.49. The Morgan fingerprint density at radius 3 is 2.88 bits per heavy atom. The van der Waals surface area contributed by atoms with Crippen LogP contribution in [0.5, 0.6) is 0 Å². The van der Waals surface area contributed by atoms with E-state index in [0.717, 1.165) is 22.8 Å². The fourth-order valence-corrected chi connectivity index (χ4v) is 3.25. The first-order valence-electron chi connectivity index (χ1n) is 6.00. The smallest absolute Gasteiger partial charge is 0.0766 e. The van der Waals surface area contributed by atoms with Crippen molar-refractivity contribution in [3.05, 3.63) is 33.4 Å². The van der Waals surface area contributed by atoms with E-state index in [2.05, 4.69) is 40.3 Å². The van der Waals surface area contributed by atoms with Crippen LogP contribution in [0.25, 0.3) is 10.9 Å². The normalized spacial score (nSPS) is 14.1. The van der Waals surface area contributed by atoms with E-state index in [4.69, 9.17) is 4.98 Å². The Labute approximate surface area is 110 Å². The summed E-state index contributed by atoms with van der Waals surface area (Å²) in [7, 11) is 2.00. The maximum Gasteiger partial charge on any atom is 0.0766 e. The average Bonchev–Trinajstić information content (AvgIpc) is 2.79. The van der Waals surface area contributed by atoms with E-state index in [1.54, 1.807) is 0 Å². The number of benzene rings is 1. The molecule has 0 radical (unpaired) electrons. The molecule has 17 heavy (non-hydrogen) atoms. The molecule has 0 saturated heterocycles. The van der Waals surface area contributed by atoms with Crippen molar-refractivity contribution in [2.75, 3.05) is 12.4 Å². The first-order chi connectivity index (χ1) is 8.22. The van der Waals surface area contributed by atoms with Crippen molar-refractivity contribution in [2.45, 2.75) is 26.2 Å². The van der Waals surface area contributed by atoms with Crippen LogP contribution in [-0.2, 0) is 12.8 Å². The predicted molar refractivity (Wildman–Crippen MR) is 75.8 cm³/mol. The molecule has 0 unspecified atom stereocenters. The molecule has 0 aliphatic heterocycles. The second kappa shape index (κ2) is 3.98. The number of hydrogen-bond donors (Lipinski definition) is 1. The molecule has 0 saturated carbocycles. The molecule has 0 atom stereocenters. The highest BCUT2D eigenvalue weighted by molar-refractivity contribution is 9.10. The Morgan fingerprint density at radius 2 is 2.12 bits per heavy atom. The van der Waals surface area contributed by atoms with Gasteiger partial charge in [-0.3, -0.25) is 4.98 Å². The molecule has 0 fully saturated rings. The number of aryl methyl sites for hydroxylation is 2. The zero-order valence-electron chi connectivity index (χ0n) is 10.1. The van der Waals surface area contributed by atoms with Gasteiger partial charge in [0, 0.05) is 28.3 Å². The van der Waals surface area contributed by atoms with Gasteiger partial charge in [-0.1, -0.05) is 22.0 Å². The van der Waals surface area contributed by atoms with Gasteiger partial charge in [-0.25, -0.2) is 0 Å². The molecule has 3 heteroatoms. The van der Waals surface area contributed by atoms with Crippen molar-refractivity contribution in [3.63, 3.8) is 0 Å². The summed E-state index contributed by atoms with van der Waals surface area (Å²) in [5, 5.41) is 4.60. The minimum absolute atomic E-state index is 1.12. The summed E-state index contributed by atoms with van der Waals surface area (Å²) in [6.45, 7) is 2.13. The van der Waals surface area contributed by atoms with Crippen LogP contribution in [0.15, 0.2) is 16.6 Å². The fraction of sp³-hybridized carbons (Fsp3) is 0.357. The molecule has 1 N–H and O–H groups in total. The number of rotatable bonds is 1. The summed E-state index contributed by atoms with van der Waals surface area (Å²) >= 11 is 3.65. The second-order valence-electron chi connectivity index (χ2n) is 4.60. The van der Waals surface area contributed by atoms with Crippen molar-refractivity contribution < 1.29 is 0 Å². The lowest BCUT2D eigenvalue weighted by Gasteiger charge is -2.14. The van der Waals surface area contributed by atoms with Gasteiger partial charge in [0.1, 0.15) is 0 Å². The Balaban J connectivity index is 2.49. The number of fused-ring (bicyclic) bond motifs is 2. The maximum absolute atomic E-state index is 4.85. The highest BCUT2D eigenvalue weighted by Crippen LogP contribution is 2.38. The van der Waals surface area contributed by atoms with Gasteiger partial charge in [0.05, 0.1) is 5.52 Å². The van der Waals surface area contributed by atoms with E-state index in [9.17, 15) is 0 Å². The average molecular weight is 291 g/mol. The van der Waals surface area contributed by atoms with Crippen LogP contribution in [0.3, 0.4) is 0 Å². The number of halogens is 1. The second-order valence-corrected chi connectivity index (χ2v) is 5.46. The highest BCUT2D eigenvalue weighted by atomic mass is 79.9. The molecular weight excluding hydrogens is 276 g/mol. The number of anilines is 1. The molecule has 0 bridgehead atoms. The molecule has 1 aromatic carbocycles. The zero-order chi connectivity index (χ0) is 12.0. The third-order valence-electron chi connectivity index (χ3n) is 3.57. The van der Waals surface area contributed by atoms with Crippen LogP contribution < -0.4 is 5.32 Å². The van der Waals surface area contributed by atoms with Crippen molar-refractivity contribution >= 4 is 32.5 Å². The van der Waals surface area contributed by atoms with Crippen molar-refractivity contribution in [1.82, 2.24) is 4.98 Å². The number of nitrogens with one attached hydrogen (secondary N) is 1. The molecule has 2 aromatic rings. The van der Waals surface area contributed by atoms with E-state index in [1.165, 1.54) is 34.3 Å². The summed E-state index contributed by atoms with van der Waals surface area (Å²) in [6, 6.07) is 4.24. The van der Waals surface area contributed by atoms with E-state index in [-0.39, 0.29) is 0 Å². The van der Waals surface area contributed by atoms with Gasteiger partial charge in [-0.05, 0) is 43.4 Å². The highest BCUT2D eigenvalue weighted by Gasteiger charge is 2.20. The van der Waals surface area contributed by atoms with Crippen LogP contribution in [0, 0.1) is 6.92 Å². The maximum atomic E-state index is 4.85. The molecule has 1 aromatic heterocycles. The third-order valence-corrected chi connectivity index (χ3v) is 4.23. The first-order valence-corrected chi connectivity index (χ1v) is 6.80. The van der Waals surface area contributed by atoms with E-state index in [0.29, 0.717) is 0 Å². The lowest BCUT2D eigenvalue weighted by molar-refractivity contribution is 0.901. The summed E-state index contributed by atoms with van der Waals surface area (Å²) in [4.78, 5) is 4.85. The largest absolute Gasteiger partial charge is 0.387 e. The molecule has 88 valence electrons. The quantitative estimate of drug-likeness (QED) is 0.863. The van der Waals surface area contributed by atoms with Crippen LogP contribution in [0.1, 0.15) is 23.2 Å². The monoisotopic (exact) mass is 290 g/mol. The minimum atomic E-state index is 1.12. The molecule has 0 amide bonds. The molecule has 2 nitrogen and oxygen atoms in total. The van der Waals surface area contributed by atoms with Crippen LogP contribution in [-0.4, -0.2) is 12.0 Å². The predicted octanol–water partition coefficient (Wildman–Crippen LogP) is 3.84. The van der Waals surface area contributed by atoms with Gasteiger partial charge in [0.2, 0.25) is 0 Å². The number of nitrogens with zero attached hydrogens (tertiary/aromatic N) is 1. The standard InChI is InChI=1S/C14H15BrN2/c1-8-6-7-10(15)12-13(8)17-11-5-3-4-9(11)14(12)16-2/h6-7H,3-5H2,1-2H3,(H,16,17). The summed E-state index contributed by atoms with van der Waals surface area (Å²) in [5.41, 5.74) is 6.33. The number of aromatic nitrogens is 1. The summed E-state index contributed by atoms with van der Waals surface area (Å²) < 4.78 is 1.13. The van der Waals surface area contributed by atoms with Crippen molar-refractivity contribution in [2.24, 2.45) is 0 Å². The van der Waals surface area contributed by atoms with Crippen LogP contribution in [0.2, 0.25) is 0 Å². The Hall–Kier alpha value is -1.09. The number of hydrogen-bond acceptors (Lipinski definition) is 2. The van der Waals surface area contributed by atoms with Crippen molar-refractivity contribution in [3.8, 4) is 0 Å². The molecular formula is C14H15BrN2. The molecule has 1 heterocycles. The third kappa shape index (κ3) is 1.56. The molecule has 1 aliphatic carbocycles. The van der Waals surface area contributed by atoms with Gasteiger partial charge in [0.25, 0.3) is 0 Å². The Morgan fingerprint density at radius 1 is 1.29 bits per heavy atom. The molecule has 1 aliphatic rings. The van der Waals surface area contributed by atoms with E-state index in [1.807, 2.05) is 7.05 Å². The SMILES string of the molecule is CNc1c2c(nc3c(C)ccc(Br)c13)CCC2. The lowest BCUT2D eigenvalue weighted by Crippen LogP contribution is -2.00. The van der Waals surface area contributed by atoms with Gasteiger partial charge < -0.3 is 5.32 Å². The van der Waals surface area contributed by atoms with E-state index >= 15 is 0 Å². The Bertz CT molecular complexity index is 605. The lowest BCUT2D eigenvalue weighted by atomic mass is 10.0. The molecule has 0 spiro atoms. The fourth-order valence-electron chi connectivity index (χ4n) is 2.73. The topological polar surface area (TPSA) is 24.9 Å².